The molecule has 2 nitrogen and oxygen atoms in total. The molecule has 0 aliphatic rings. The van der Waals surface area contributed by atoms with Gasteiger partial charge in [-0.3, -0.25) is 0 Å². The second-order valence-electron chi connectivity index (χ2n) is 5.18. The molecule has 0 unspecified atom stereocenters. The van der Waals surface area contributed by atoms with E-state index in [4.69, 9.17) is 5.73 Å². The Balaban J connectivity index is 0.000000774. The summed E-state index contributed by atoms with van der Waals surface area (Å²) in [4.78, 5) is 1.97. The standard InChI is InChI=1S/C17H18N2.CH3I/c1-12(2)19-16-9-8-15(18)10-14(16)11-17(19)13-6-4-3-5-7-13;1-2/h3-12H,18H2,1-2H3;1H3. The van der Waals surface area contributed by atoms with Crippen molar-refractivity contribution in [1.29, 1.82) is 0 Å². The van der Waals surface area contributed by atoms with Crippen LogP contribution in [0.5, 0.6) is 0 Å². The Morgan fingerprint density at radius 1 is 0.952 bits per heavy atom. The Kier molecular flexibility index (Phi) is 5.28. The quantitative estimate of drug-likeness (QED) is 0.347. The van der Waals surface area contributed by atoms with Crippen LogP contribution in [0.25, 0.3) is 22.2 Å². The van der Waals surface area contributed by atoms with E-state index < -0.39 is 0 Å². The first kappa shape index (κ1) is 15.9. The second kappa shape index (κ2) is 6.98. The third kappa shape index (κ3) is 3.23. The molecular weight excluding hydrogens is 371 g/mol. The van der Waals surface area contributed by atoms with E-state index in [9.17, 15) is 0 Å². The summed E-state index contributed by atoms with van der Waals surface area (Å²) in [6.45, 7) is 4.42. The summed E-state index contributed by atoms with van der Waals surface area (Å²) in [7, 11) is 0. The first-order valence-corrected chi connectivity index (χ1v) is 9.16. The number of anilines is 1. The SMILES string of the molecule is CC(C)n1c(-c2ccccc2)cc2cc(N)ccc21.CI. The zero-order valence-corrected chi connectivity index (χ0v) is 14.8. The third-order valence-corrected chi connectivity index (χ3v) is 3.45. The third-order valence-electron chi connectivity index (χ3n) is 3.45. The van der Waals surface area contributed by atoms with E-state index in [2.05, 4.69) is 77.4 Å². The predicted molar refractivity (Wildman–Crippen MR) is 102 cm³/mol. The summed E-state index contributed by atoms with van der Waals surface area (Å²) < 4.78 is 2.37. The maximum atomic E-state index is 5.89. The minimum Gasteiger partial charge on any atom is -0.399 e. The number of halogens is 1. The van der Waals surface area contributed by atoms with Crippen molar-refractivity contribution in [1.82, 2.24) is 4.57 Å². The number of hydrogen-bond acceptors (Lipinski definition) is 1. The van der Waals surface area contributed by atoms with Gasteiger partial charge in [0.15, 0.2) is 0 Å². The molecule has 3 aromatic rings. The van der Waals surface area contributed by atoms with E-state index >= 15 is 0 Å². The number of hydrogen-bond donors (Lipinski definition) is 1. The zero-order chi connectivity index (χ0) is 15.4. The first-order valence-electron chi connectivity index (χ1n) is 7.00. The summed E-state index contributed by atoms with van der Waals surface area (Å²) in [5, 5.41) is 1.20. The number of aromatic nitrogens is 1. The van der Waals surface area contributed by atoms with E-state index in [1.165, 1.54) is 22.2 Å². The topological polar surface area (TPSA) is 30.9 Å². The van der Waals surface area contributed by atoms with Crippen molar-refractivity contribution in [2.45, 2.75) is 19.9 Å². The van der Waals surface area contributed by atoms with Gasteiger partial charge in [-0.05, 0) is 48.6 Å². The average Bonchev–Trinajstić information content (AvgIpc) is 2.88. The molecule has 0 radical (unpaired) electrons. The Bertz CT molecular complexity index is 715. The minimum atomic E-state index is 0.413. The van der Waals surface area contributed by atoms with Gasteiger partial charge in [0.25, 0.3) is 0 Å². The van der Waals surface area contributed by atoms with E-state index in [1.807, 2.05) is 23.1 Å². The second-order valence-corrected chi connectivity index (χ2v) is 5.18. The molecule has 21 heavy (non-hydrogen) atoms. The van der Waals surface area contributed by atoms with Crippen LogP contribution in [-0.2, 0) is 0 Å². The van der Waals surface area contributed by atoms with Gasteiger partial charge >= 0.3 is 0 Å². The number of alkyl halides is 1. The lowest BCUT2D eigenvalue weighted by molar-refractivity contribution is 0.629. The van der Waals surface area contributed by atoms with Crippen molar-refractivity contribution >= 4 is 39.2 Å². The van der Waals surface area contributed by atoms with Crippen molar-refractivity contribution < 1.29 is 0 Å². The minimum absolute atomic E-state index is 0.413. The summed E-state index contributed by atoms with van der Waals surface area (Å²) >= 11 is 2.15. The van der Waals surface area contributed by atoms with Gasteiger partial charge < -0.3 is 10.3 Å². The summed E-state index contributed by atoms with van der Waals surface area (Å²) in [5.41, 5.74) is 10.4. The molecule has 1 aromatic heterocycles. The number of nitrogens with two attached hydrogens (primary N) is 1. The fourth-order valence-corrected chi connectivity index (χ4v) is 2.64. The molecular formula is C18H21IN2. The Hall–Kier alpha value is -1.49. The van der Waals surface area contributed by atoms with Gasteiger partial charge in [0.2, 0.25) is 0 Å². The van der Waals surface area contributed by atoms with Crippen LogP contribution in [0.3, 0.4) is 0 Å². The van der Waals surface area contributed by atoms with Crippen LogP contribution in [0, 0.1) is 0 Å². The van der Waals surface area contributed by atoms with Crippen LogP contribution >= 0.6 is 22.6 Å². The predicted octanol–water partition coefficient (Wildman–Crippen LogP) is 5.52. The molecule has 3 rings (SSSR count). The average molecular weight is 392 g/mol. The smallest absolute Gasteiger partial charge is 0.0493 e. The molecule has 0 spiro atoms. The fourth-order valence-electron chi connectivity index (χ4n) is 2.64. The van der Waals surface area contributed by atoms with E-state index in [-0.39, 0.29) is 0 Å². The maximum Gasteiger partial charge on any atom is 0.0493 e. The van der Waals surface area contributed by atoms with E-state index in [0.29, 0.717) is 6.04 Å². The molecule has 110 valence electrons. The number of rotatable bonds is 2. The number of nitrogens with zero attached hydrogens (tertiary/aromatic N) is 1. The monoisotopic (exact) mass is 392 g/mol. The summed E-state index contributed by atoms with van der Waals surface area (Å²) in [5.74, 6) is 0. The van der Waals surface area contributed by atoms with Gasteiger partial charge in [-0.1, -0.05) is 52.9 Å². The Morgan fingerprint density at radius 2 is 1.62 bits per heavy atom. The number of fused-ring (bicyclic) bond motifs is 1. The number of benzene rings is 2. The molecule has 0 aliphatic heterocycles. The first-order chi connectivity index (χ1) is 10.2. The van der Waals surface area contributed by atoms with Crippen LogP contribution in [0.4, 0.5) is 5.69 Å². The molecule has 2 N–H and O–H groups in total. The van der Waals surface area contributed by atoms with Crippen LogP contribution in [0.2, 0.25) is 0 Å². The fraction of sp³-hybridized carbons (Fsp3) is 0.222. The summed E-state index contributed by atoms with van der Waals surface area (Å²) in [6.07, 6.45) is 0. The van der Waals surface area contributed by atoms with E-state index in [1.54, 1.807) is 0 Å². The lowest BCUT2D eigenvalue weighted by atomic mass is 10.1. The van der Waals surface area contributed by atoms with Crippen molar-refractivity contribution in [2.75, 3.05) is 10.7 Å². The van der Waals surface area contributed by atoms with Gasteiger partial charge in [-0.25, -0.2) is 0 Å². The zero-order valence-electron chi connectivity index (χ0n) is 12.7. The molecule has 0 bridgehead atoms. The number of nitrogen functional groups attached to an aromatic ring is 1. The van der Waals surface area contributed by atoms with Crippen LogP contribution < -0.4 is 5.73 Å². The molecule has 1 heterocycles. The highest BCUT2D eigenvalue weighted by Crippen LogP contribution is 2.32. The van der Waals surface area contributed by atoms with Crippen molar-refractivity contribution in [3.8, 4) is 11.3 Å². The van der Waals surface area contributed by atoms with Crippen LogP contribution in [0.15, 0.2) is 54.6 Å². The van der Waals surface area contributed by atoms with Crippen molar-refractivity contribution in [2.24, 2.45) is 0 Å². The van der Waals surface area contributed by atoms with Gasteiger partial charge in [0, 0.05) is 28.3 Å². The van der Waals surface area contributed by atoms with Gasteiger partial charge in [0.1, 0.15) is 0 Å². The molecule has 0 fully saturated rings. The Morgan fingerprint density at radius 3 is 2.24 bits per heavy atom. The normalized spacial score (nSPS) is 10.5. The largest absolute Gasteiger partial charge is 0.399 e. The lowest BCUT2D eigenvalue weighted by Crippen LogP contribution is -2.02. The van der Waals surface area contributed by atoms with Crippen LogP contribution in [-0.4, -0.2) is 9.50 Å². The molecule has 0 saturated carbocycles. The molecule has 0 saturated heterocycles. The maximum absolute atomic E-state index is 5.89. The molecule has 0 aliphatic carbocycles. The molecule has 0 amide bonds. The molecule has 2 aromatic carbocycles. The van der Waals surface area contributed by atoms with E-state index in [0.717, 1.165) is 5.69 Å². The van der Waals surface area contributed by atoms with Crippen LogP contribution in [0.1, 0.15) is 19.9 Å². The Labute approximate surface area is 140 Å². The van der Waals surface area contributed by atoms with Crippen molar-refractivity contribution in [3.05, 3.63) is 54.6 Å². The van der Waals surface area contributed by atoms with Gasteiger partial charge in [-0.15, -0.1) is 0 Å². The summed E-state index contributed by atoms with van der Waals surface area (Å²) in [6, 6.07) is 19.3. The molecule has 3 heteroatoms. The highest BCUT2D eigenvalue weighted by atomic mass is 127. The lowest BCUT2D eigenvalue weighted by Gasteiger charge is -2.15. The van der Waals surface area contributed by atoms with Gasteiger partial charge in [0.05, 0.1) is 0 Å². The molecule has 0 atom stereocenters. The van der Waals surface area contributed by atoms with Gasteiger partial charge in [-0.2, -0.15) is 0 Å². The van der Waals surface area contributed by atoms with Crippen molar-refractivity contribution in [3.63, 3.8) is 0 Å². The highest BCUT2D eigenvalue weighted by Gasteiger charge is 2.12. The highest BCUT2D eigenvalue weighted by molar-refractivity contribution is 14.1.